The molecule has 0 spiro atoms. The molecule has 0 saturated heterocycles. The van der Waals surface area contributed by atoms with Gasteiger partial charge in [-0.2, -0.15) is 0 Å². The van der Waals surface area contributed by atoms with Crippen molar-refractivity contribution < 1.29 is 19.8 Å². The number of carboxylic acid groups (broad SMARTS) is 2. The molecule has 2 aromatic carbocycles. The second-order valence-electron chi connectivity index (χ2n) is 3.52. The van der Waals surface area contributed by atoms with Gasteiger partial charge in [0.25, 0.3) is 0 Å². The second kappa shape index (κ2) is 7.23. The van der Waals surface area contributed by atoms with Gasteiger partial charge >= 0.3 is 11.9 Å². The first kappa shape index (κ1) is 14.8. The van der Waals surface area contributed by atoms with Crippen LogP contribution in [0.5, 0.6) is 0 Å². The van der Waals surface area contributed by atoms with E-state index in [0.717, 1.165) is 4.90 Å². The van der Waals surface area contributed by atoms with E-state index in [9.17, 15) is 9.59 Å². The third-order valence-corrected chi connectivity index (χ3v) is 2.43. The van der Waals surface area contributed by atoms with Crippen LogP contribution >= 0.6 is 12.6 Å². The molecular formula is C14H12O4S. The number of hydrogen-bond acceptors (Lipinski definition) is 3. The Kier molecular flexibility index (Phi) is 5.63. The zero-order chi connectivity index (χ0) is 14.3. The molecular weight excluding hydrogens is 264 g/mol. The van der Waals surface area contributed by atoms with E-state index >= 15 is 0 Å². The molecule has 98 valence electrons. The van der Waals surface area contributed by atoms with Gasteiger partial charge in [0.05, 0.1) is 11.1 Å². The molecule has 0 fully saturated rings. The normalized spacial score (nSPS) is 9.11. The summed E-state index contributed by atoms with van der Waals surface area (Å²) in [6, 6.07) is 14.8. The molecule has 0 aliphatic carbocycles. The highest BCUT2D eigenvalue weighted by molar-refractivity contribution is 7.80. The van der Waals surface area contributed by atoms with Crippen LogP contribution in [0.15, 0.2) is 59.5 Å². The molecule has 0 bridgehead atoms. The van der Waals surface area contributed by atoms with Gasteiger partial charge in [-0.1, -0.05) is 18.2 Å². The third-order valence-electron chi connectivity index (χ3n) is 2.13. The summed E-state index contributed by atoms with van der Waals surface area (Å²) in [7, 11) is 0. The van der Waals surface area contributed by atoms with Crippen molar-refractivity contribution in [2.24, 2.45) is 0 Å². The number of aromatic carboxylic acids is 2. The van der Waals surface area contributed by atoms with Gasteiger partial charge in [0.2, 0.25) is 0 Å². The predicted molar refractivity (Wildman–Crippen MR) is 74.1 cm³/mol. The Morgan fingerprint density at radius 1 is 0.737 bits per heavy atom. The maximum atomic E-state index is 10.3. The van der Waals surface area contributed by atoms with E-state index in [2.05, 4.69) is 12.6 Å². The summed E-state index contributed by atoms with van der Waals surface area (Å²) in [4.78, 5) is 21.7. The van der Waals surface area contributed by atoms with E-state index in [1.165, 1.54) is 24.3 Å². The molecule has 19 heavy (non-hydrogen) atoms. The molecule has 0 unspecified atom stereocenters. The van der Waals surface area contributed by atoms with Crippen molar-refractivity contribution in [2.75, 3.05) is 0 Å². The Morgan fingerprint density at radius 3 is 1.32 bits per heavy atom. The molecule has 0 saturated carbocycles. The lowest BCUT2D eigenvalue weighted by Crippen LogP contribution is -1.99. The molecule has 5 heteroatoms. The van der Waals surface area contributed by atoms with Crippen molar-refractivity contribution in [1.82, 2.24) is 0 Å². The Hall–Kier alpha value is -2.27. The highest BCUT2D eigenvalue weighted by Crippen LogP contribution is 2.03. The number of hydrogen-bond donors (Lipinski definition) is 3. The average molecular weight is 276 g/mol. The van der Waals surface area contributed by atoms with Crippen LogP contribution in [0.25, 0.3) is 0 Å². The highest BCUT2D eigenvalue weighted by atomic mass is 32.1. The van der Waals surface area contributed by atoms with Gasteiger partial charge in [0.1, 0.15) is 0 Å². The van der Waals surface area contributed by atoms with Crippen molar-refractivity contribution in [3.8, 4) is 0 Å². The molecule has 0 aliphatic rings. The fourth-order valence-corrected chi connectivity index (χ4v) is 1.36. The first-order valence-corrected chi connectivity index (χ1v) is 5.76. The SMILES string of the molecule is O=C(O)c1ccc(C(=O)O)cc1.Sc1ccccc1. The maximum Gasteiger partial charge on any atom is 0.335 e. The van der Waals surface area contributed by atoms with Crippen LogP contribution in [0.2, 0.25) is 0 Å². The minimum atomic E-state index is -1.06. The zero-order valence-corrected chi connectivity index (χ0v) is 10.7. The van der Waals surface area contributed by atoms with Crippen molar-refractivity contribution in [3.63, 3.8) is 0 Å². The first-order chi connectivity index (χ1) is 9.00. The largest absolute Gasteiger partial charge is 0.478 e. The Bertz CT molecular complexity index is 516. The van der Waals surface area contributed by atoms with Crippen LogP contribution in [0.4, 0.5) is 0 Å². The van der Waals surface area contributed by atoms with E-state index in [0.29, 0.717) is 0 Å². The summed E-state index contributed by atoms with van der Waals surface area (Å²) >= 11 is 4.08. The lowest BCUT2D eigenvalue weighted by atomic mass is 10.1. The molecule has 2 aromatic rings. The number of carbonyl (C=O) groups is 2. The summed E-state index contributed by atoms with van der Waals surface area (Å²) in [6.45, 7) is 0. The molecule has 0 atom stereocenters. The maximum absolute atomic E-state index is 10.3. The average Bonchev–Trinajstić information content (AvgIpc) is 2.40. The van der Waals surface area contributed by atoms with Crippen LogP contribution in [0.1, 0.15) is 20.7 Å². The van der Waals surface area contributed by atoms with Crippen LogP contribution in [0, 0.1) is 0 Å². The standard InChI is InChI=1S/C8H6O4.C6H6S/c9-7(10)5-1-2-6(4-3-5)8(11)12;7-6-4-2-1-3-5-6/h1-4H,(H,9,10)(H,11,12);1-5,7H. The predicted octanol–water partition coefficient (Wildman–Crippen LogP) is 3.06. The molecule has 0 amide bonds. The lowest BCUT2D eigenvalue weighted by molar-refractivity contribution is 0.0681. The van der Waals surface area contributed by atoms with Crippen molar-refractivity contribution in [3.05, 3.63) is 65.7 Å². The van der Waals surface area contributed by atoms with Gasteiger partial charge in [0.15, 0.2) is 0 Å². The van der Waals surface area contributed by atoms with Gasteiger partial charge in [-0.25, -0.2) is 9.59 Å². The van der Waals surface area contributed by atoms with Crippen LogP contribution in [-0.4, -0.2) is 22.2 Å². The van der Waals surface area contributed by atoms with Crippen molar-refractivity contribution >= 4 is 24.6 Å². The monoisotopic (exact) mass is 276 g/mol. The van der Waals surface area contributed by atoms with Gasteiger partial charge in [-0.15, -0.1) is 12.6 Å². The van der Waals surface area contributed by atoms with Gasteiger partial charge in [0, 0.05) is 4.90 Å². The van der Waals surface area contributed by atoms with Crippen LogP contribution < -0.4 is 0 Å². The van der Waals surface area contributed by atoms with Crippen LogP contribution in [0.3, 0.4) is 0 Å². The molecule has 0 heterocycles. The van der Waals surface area contributed by atoms with E-state index in [-0.39, 0.29) is 11.1 Å². The Balaban J connectivity index is 0.000000218. The van der Waals surface area contributed by atoms with Crippen LogP contribution in [-0.2, 0) is 0 Å². The number of rotatable bonds is 2. The molecule has 2 N–H and O–H groups in total. The summed E-state index contributed by atoms with van der Waals surface area (Å²) in [5.74, 6) is -2.13. The van der Waals surface area contributed by atoms with Gasteiger partial charge in [-0.3, -0.25) is 0 Å². The third kappa shape index (κ3) is 5.27. The number of benzene rings is 2. The molecule has 0 radical (unpaired) electrons. The summed E-state index contributed by atoms with van der Waals surface area (Å²) < 4.78 is 0. The second-order valence-corrected chi connectivity index (χ2v) is 4.04. The highest BCUT2D eigenvalue weighted by Gasteiger charge is 2.04. The fourth-order valence-electron chi connectivity index (χ4n) is 1.18. The summed E-state index contributed by atoms with van der Waals surface area (Å²) in [5, 5.41) is 16.9. The molecule has 4 nitrogen and oxygen atoms in total. The van der Waals surface area contributed by atoms with E-state index in [4.69, 9.17) is 10.2 Å². The lowest BCUT2D eigenvalue weighted by Gasteiger charge is -1.94. The minimum Gasteiger partial charge on any atom is -0.478 e. The molecule has 2 rings (SSSR count). The number of thiol groups is 1. The smallest absolute Gasteiger partial charge is 0.335 e. The topological polar surface area (TPSA) is 74.6 Å². The zero-order valence-electron chi connectivity index (χ0n) is 9.85. The summed E-state index contributed by atoms with van der Waals surface area (Å²) in [6.07, 6.45) is 0. The van der Waals surface area contributed by atoms with E-state index in [1.54, 1.807) is 0 Å². The first-order valence-electron chi connectivity index (χ1n) is 5.31. The van der Waals surface area contributed by atoms with E-state index < -0.39 is 11.9 Å². The minimum absolute atomic E-state index is 0.0833. The van der Waals surface area contributed by atoms with Gasteiger partial charge < -0.3 is 10.2 Å². The molecule has 0 aliphatic heterocycles. The quantitative estimate of drug-likeness (QED) is 0.737. The van der Waals surface area contributed by atoms with Crippen molar-refractivity contribution in [1.29, 1.82) is 0 Å². The Morgan fingerprint density at radius 2 is 1.11 bits per heavy atom. The number of carboxylic acids is 2. The van der Waals surface area contributed by atoms with Gasteiger partial charge in [-0.05, 0) is 36.4 Å². The Labute approximate surface area is 115 Å². The van der Waals surface area contributed by atoms with Crippen molar-refractivity contribution in [2.45, 2.75) is 4.90 Å². The fraction of sp³-hybridized carbons (Fsp3) is 0. The molecule has 0 aromatic heterocycles. The van der Waals surface area contributed by atoms with E-state index in [1.807, 2.05) is 30.3 Å². The summed E-state index contributed by atoms with van der Waals surface area (Å²) in [5.41, 5.74) is 0.167.